The third-order valence-corrected chi connectivity index (χ3v) is 3.27. The van der Waals surface area contributed by atoms with Crippen molar-refractivity contribution in [3.63, 3.8) is 0 Å². The normalized spacial score (nSPS) is 10.7. The number of halogens is 2. The van der Waals surface area contributed by atoms with E-state index in [1.54, 1.807) is 12.1 Å². The second-order valence-corrected chi connectivity index (χ2v) is 5.03. The van der Waals surface area contributed by atoms with Crippen LogP contribution in [0, 0.1) is 11.6 Å². The minimum atomic E-state index is -0.676. The van der Waals surface area contributed by atoms with Crippen LogP contribution in [0.3, 0.4) is 0 Å². The first-order valence-electron chi connectivity index (χ1n) is 6.98. The molecule has 0 aliphatic carbocycles. The minimum Gasteiger partial charge on any atom is -0.293 e. The summed E-state index contributed by atoms with van der Waals surface area (Å²) in [4.78, 5) is 15.8. The van der Waals surface area contributed by atoms with E-state index in [1.165, 1.54) is 19.1 Å². The molecule has 0 amide bonds. The van der Waals surface area contributed by atoms with Gasteiger partial charge in [-0.05, 0) is 42.7 Å². The lowest BCUT2D eigenvalue weighted by molar-refractivity contribution is 0.101. The van der Waals surface area contributed by atoms with Crippen LogP contribution in [0.25, 0.3) is 11.3 Å². The predicted molar refractivity (Wildman–Crippen MR) is 78.2 cm³/mol. The molecular weight excluding hydrogens is 272 g/mol. The van der Waals surface area contributed by atoms with E-state index in [4.69, 9.17) is 0 Å². The summed E-state index contributed by atoms with van der Waals surface area (Å²) in [6.07, 6.45) is 2.81. The highest BCUT2D eigenvalue weighted by molar-refractivity contribution is 5.92. The fourth-order valence-corrected chi connectivity index (χ4v) is 2.13. The van der Waals surface area contributed by atoms with Gasteiger partial charge in [0.1, 0.15) is 17.3 Å². The average molecular weight is 289 g/mol. The van der Waals surface area contributed by atoms with Crippen molar-refractivity contribution in [1.29, 1.82) is 0 Å². The maximum atomic E-state index is 13.9. The van der Waals surface area contributed by atoms with Crippen molar-refractivity contribution in [1.82, 2.24) is 4.98 Å². The van der Waals surface area contributed by atoms with Gasteiger partial charge in [0.15, 0.2) is 5.78 Å². The summed E-state index contributed by atoms with van der Waals surface area (Å²) < 4.78 is 26.9. The standard InChI is InChI=1S/C17H17F2NO/c1-3-4-5-12-8-16(11(2)21)20-17(9-12)14-7-6-13(18)10-15(14)19/h6-10H,3-5H2,1-2H3. The van der Waals surface area contributed by atoms with Crippen LogP contribution in [0.2, 0.25) is 0 Å². The van der Waals surface area contributed by atoms with Gasteiger partial charge < -0.3 is 0 Å². The third kappa shape index (κ3) is 3.72. The molecule has 0 aliphatic rings. The van der Waals surface area contributed by atoms with E-state index >= 15 is 0 Å². The first-order chi connectivity index (χ1) is 10.0. The summed E-state index contributed by atoms with van der Waals surface area (Å²) in [5.41, 5.74) is 1.82. The summed E-state index contributed by atoms with van der Waals surface area (Å²) in [5.74, 6) is -1.48. The zero-order chi connectivity index (χ0) is 15.4. The van der Waals surface area contributed by atoms with Crippen molar-refractivity contribution < 1.29 is 13.6 Å². The molecule has 1 heterocycles. The number of aromatic nitrogens is 1. The Bertz CT molecular complexity index is 668. The zero-order valence-electron chi connectivity index (χ0n) is 12.1. The van der Waals surface area contributed by atoms with Crippen molar-refractivity contribution in [2.45, 2.75) is 33.1 Å². The number of benzene rings is 1. The molecule has 2 aromatic rings. The van der Waals surface area contributed by atoms with Crippen molar-refractivity contribution in [2.75, 3.05) is 0 Å². The molecule has 110 valence electrons. The molecule has 4 heteroatoms. The SMILES string of the molecule is CCCCc1cc(C(C)=O)nc(-c2ccc(F)cc2F)c1. The number of unbranched alkanes of at least 4 members (excludes halogenated alkanes) is 1. The number of nitrogens with zero attached hydrogens (tertiary/aromatic N) is 1. The molecule has 2 nitrogen and oxygen atoms in total. The van der Waals surface area contributed by atoms with Crippen LogP contribution >= 0.6 is 0 Å². The molecule has 0 saturated carbocycles. The van der Waals surface area contributed by atoms with Crippen molar-refractivity contribution >= 4 is 5.78 Å². The van der Waals surface area contributed by atoms with Crippen LogP contribution in [0.5, 0.6) is 0 Å². The molecule has 0 N–H and O–H groups in total. The summed E-state index contributed by atoms with van der Waals surface area (Å²) in [7, 11) is 0. The van der Waals surface area contributed by atoms with E-state index in [0.717, 1.165) is 30.9 Å². The van der Waals surface area contributed by atoms with Gasteiger partial charge in [0.2, 0.25) is 0 Å². The van der Waals surface area contributed by atoms with Crippen LogP contribution in [0.1, 0.15) is 42.7 Å². The van der Waals surface area contributed by atoms with E-state index < -0.39 is 11.6 Å². The first kappa shape index (κ1) is 15.3. The summed E-state index contributed by atoms with van der Waals surface area (Å²) in [6.45, 7) is 3.50. The molecule has 2 rings (SSSR count). The largest absolute Gasteiger partial charge is 0.293 e. The van der Waals surface area contributed by atoms with Gasteiger partial charge in [-0.1, -0.05) is 13.3 Å². The highest BCUT2D eigenvalue weighted by Gasteiger charge is 2.12. The van der Waals surface area contributed by atoms with E-state index in [9.17, 15) is 13.6 Å². The van der Waals surface area contributed by atoms with Gasteiger partial charge in [0, 0.05) is 18.6 Å². The fourth-order valence-electron chi connectivity index (χ4n) is 2.13. The van der Waals surface area contributed by atoms with Gasteiger partial charge in [-0.2, -0.15) is 0 Å². The molecule has 0 aliphatic heterocycles. The number of hydrogen-bond donors (Lipinski definition) is 0. The Morgan fingerprint density at radius 3 is 2.57 bits per heavy atom. The highest BCUT2D eigenvalue weighted by Crippen LogP contribution is 2.24. The zero-order valence-corrected chi connectivity index (χ0v) is 12.1. The van der Waals surface area contributed by atoms with E-state index in [-0.39, 0.29) is 11.3 Å². The number of hydrogen-bond acceptors (Lipinski definition) is 2. The van der Waals surface area contributed by atoms with E-state index in [0.29, 0.717) is 11.4 Å². The Kier molecular flexibility index (Phi) is 4.78. The third-order valence-electron chi connectivity index (χ3n) is 3.27. The molecule has 0 unspecified atom stereocenters. The van der Waals surface area contributed by atoms with E-state index in [1.807, 2.05) is 0 Å². The Morgan fingerprint density at radius 1 is 1.19 bits per heavy atom. The summed E-state index contributed by atoms with van der Waals surface area (Å²) in [5, 5.41) is 0. The molecule has 1 aromatic carbocycles. The topological polar surface area (TPSA) is 30.0 Å². The summed E-state index contributed by atoms with van der Waals surface area (Å²) in [6, 6.07) is 6.86. The number of carbonyl (C=O) groups excluding carboxylic acids is 1. The van der Waals surface area contributed by atoms with Gasteiger partial charge in [0.25, 0.3) is 0 Å². The van der Waals surface area contributed by atoms with Gasteiger partial charge in [-0.3, -0.25) is 4.79 Å². The molecule has 0 saturated heterocycles. The van der Waals surface area contributed by atoms with Crippen molar-refractivity contribution in [3.05, 3.63) is 53.2 Å². The van der Waals surface area contributed by atoms with Gasteiger partial charge in [-0.15, -0.1) is 0 Å². The second-order valence-electron chi connectivity index (χ2n) is 5.03. The van der Waals surface area contributed by atoms with Crippen LogP contribution in [0.15, 0.2) is 30.3 Å². The highest BCUT2D eigenvalue weighted by atomic mass is 19.1. The summed E-state index contributed by atoms with van der Waals surface area (Å²) >= 11 is 0. The van der Waals surface area contributed by atoms with Crippen LogP contribution < -0.4 is 0 Å². The lowest BCUT2D eigenvalue weighted by Gasteiger charge is -2.08. The molecule has 0 spiro atoms. The number of Topliss-reactive ketones (excluding diaryl/α,β-unsaturated/α-hetero) is 1. The molecule has 21 heavy (non-hydrogen) atoms. The lowest BCUT2D eigenvalue weighted by Crippen LogP contribution is -2.02. The Morgan fingerprint density at radius 2 is 1.95 bits per heavy atom. The second kappa shape index (κ2) is 6.57. The van der Waals surface area contributed by atoms with Gasteiger partial charge in [0.05, 0.1) is 5.69 Å². The number of ketones is 1. The van der Waals surface area contributed by atoms with Crippen molar-refractivity contribution in [2.24, 2.45) is 0 Å². The van der Waals surface area contributed by atoms with Gasteiger partial charge >= 0.3 is 0 Å². The Labute approximate surface area is 122 Å². The molecule has 0 atom stereocenters. The maximum absolute atomic E-state index is 13.9. The maximum Gasteiger partial charge on any atom is 0.178 e. The Hall–Kier alpha value is -2.10. The number of rotatable bonds is 5. The predicted octanol–water partition coefficient (Wildman–Crippen LogP) is 4.57. The average Bonchev–Trinajstić information content (AvgIpc) is 2.44. The number of aryl methyl sites for hydroxylation is 1. The molecular formula is C17H17F2NO. The van der Waals surface area contributed by atoms with Crippen LogP contribution in [-0.2, 0) is 6.42 Å². The van der Waals surface area contributed by atoms with Crippen LogP contribution in [-0.4, -0.2) is 10.8 Å². The lowest BCUT2D eigenvalue weighted by atomic mass is 10.0. The molecule has 0 radical (unpaired) electrons. The first-order valence-corrected chi connectivity index (χ1v) is 6.98. The van der Waals surface area contributed by atoms with Crippen LogP contribution in [0.4, 0.5) is 8.78 Å². The van der Waals surface area contributed by atoms with Gasteiger partial charge in [-0.25, -0.2) is 13.8 Å². The quantitative estimate of drug-likeness (QED) is 0.755. The molecule has 0 bridgehead atoms. The van der Waals surface area contributed by atoms with E-state index in [2.05, 4.69) is 11.9 Å². The Balaban J connectivity index is 2.50. The molecule has 1 aromatic heterocycles. The smallest absolute Gasteiger partial charge is 0.178 e. The molecule has 0 fully saturated rings. The van der Waals surface area contributed by atoms with Crippen molar-refractivity contribution in [3.8, 4) is 11.3 Å². The monoisotopic (exact) mass is 289 g/mol. The number of carbonyl (C=O) groups is 1. The fraction of sp³-hybridized carbons (Fsp3) is 0.294. The number of pyridine rings is 1. The minimum absolute atomic E-state index is 0.169.